The van der Waals surface area contributed by atoms with Crippen molar-refractivity contribution in [2.45, 2.75) is 38.9 Å². The van der Waals surface area contributed by atoms with Gasteiger partial charge >= 0.3 is 0 Å². The van der Waals surface area contributed by atoms with Crippen molar-refractivity contribution in [2.75, 3.05) is 0 Å². The number of hydrogen-bond donors (Lipinski definition) is 0. The summed E-state index contributed by atoms with van der Waals surface area (Å²) < 4.78 is 0. The van der Waals surface area contributed by atoms with Gasteiger partial charge in [-0.3, -0.25) is 4.79 Å². The van der Waals surface area contributed by atoms with Crippen LogP contribution >= 0.6 is 27.5 Å². The zero-order valence-corrected chi connectivity index (χ0v) is 13.0. The second kappa shape index (κ2) is 5.53. The van der Waals surface area contributed by atoms with Crippen molar-refractivity contribution in [1.29, 1.82) is 0 Å². The Labute approximate surface area is 117 Å². The van der Waals surface area contributed by atoms with E-state index >= 15 is 0 Å². The second-order valence-corrected chi connectivity index (χ2v) is 6.90. The number of benzene rings is 1. The smallest absolute Gasteiger partial charge is 0.152 e. The number of carbonyl (C=O) groups is 1. The number of alkyl halides is 1. The highest BCUT2D eigenvalue weighted by Gasteiger charge is 2.28. The van der Waals surface area contributed by atoms with E-state index in [2.05, 4.69) is 15.9 Å². The molecule has 0 spiro atoms. The van der Waals surface area contributed by atoms with Crippen LogP contribution in [0, 0.1) is 12.3 Å². The van der Waals surface area contributed by atoms with Crippen molar-refractivity contribution in [3.8, 4) is 0 Å². The molecule has 0 aliphatic heterocycles. The third kappa shape index (κ3) is 4.11. The van der Waals surface area contributed by atoms with E-state index in [0.717, 1.165) is 5.56 Å². The molecule has 94 valence electrons. The maximum atomic E-state index is 12.1. The fraction of sp³-hybridized carbons (Fsp3) is 0.500. The molecule has 1 atom stereocenters. The summed E-state index contributed by atoms with van der Waals surface area (Å²) in [5.41, 5.74) is 1.97. The quantitative estimate of drug-likeness (QED) is 0.746. The van der Waals surface area contributed by atoms with E-state index in [1.807, 2.05) is 45.9 Å². The molecule has 0 saturated heterocycles. The Morgan fingerprint density at radius 3 is 2.53 bits per heavy atom. The fourth-order valence-corrected chi connectivity index (χ4v) is 2.85. The number of hydrogen-bond acceptors (Lipinski definition) is 1. The van der Waals surface area contributed by atoms with E-state index in [-0.39, 0.29) is 16.0 Å². The Bertz CT molecular complexity index is 421. The zero-order chi connectivity index (χ0) is 13.2. The minimum atomic E-state index is -0.319. The number of aryl methyl sites for hydroxylation is 1. The van der Waals surface area contributed by atoms with Crippen LogP contribution in [0.5, 0.6) is 0 Å². The molecule has 0 saturated carbocycles. The van der Waals surface area contributed by atoms with E-state index in [0.29, 0.717) is 11.4 Å². The highest BCUT2D eigenvalue weighted by atomic mass is 79.9. The first kappa shape index (κ1) is 14.7. The van der Waals surface area contributed by atoms with Crippen LogP contribution in [0.3, 0.4) is 0 Å². The maximum Gasteiger partial charge on any atom is 0.152 e. The van der Waals surface area contributed by atoms with Crippen molar-refractivity contribution < 1.29 is 4.79 Å². The molecule has 0 aliphatic rings. The molecular formula is C14H18BrClO. The van der Waals surface area contributed by atoms with E-state index < -0.39 is 0 Å². The molecule has 3 heteroatoms. The molecule has 1 aromatic carbocycles. The Morgan fingerprint density at radius 1 is 1.41 bits per heavy atom. The summed E-state index contributed by atoms with van der Waals surface area (Å²) in [4.78, 5) is 11.9. The third-order valence-electron chi connectivity index (χ3n) is 2.73. The molecule has 1 unspecified atom stereocenters. The minimum absolute atomic E-state index is 0.153. The summed E-state index contributed by atoms with van der Waals surface area (Å²) in [7, 11) is 0. The molecule has 0 fully saturated rings. The number of ketones is 1. The van der Waals surface area contributed by atoms with Gasteiger partial charge in [0.1, 0.15) is 0 Å². The van der Waals surface area contributed by atoms with Gasteiger partial charge in [-0.05, 0) is 36.6 Å². The van der Waals surface area contributed by atoms with E-state index in [1.165, 1.54) is 5.56 Å². The predicted octanol–water partition coefficient (Wildman–Crippen LogP) is 4.57. The van der Waals surface area contributed by atoms with Gasteiger partial charge in [-0.2, -0.15) is 0 Å². The van der Waals surface area contributed by atoms with Crippen LogP contribution < -0.4 is 0 Å². The van der Waals surface area contributed by atoms with Crippen LogP contribution in [-0.2, 0) is 11.2 Å². The van der Waals surface area contributed by atoms with Gasteiger partial charge in [0.15, 0.2) is 5.78 Å². The average molecular weight is 318 g/mol. The number of Topliss-reactive ketones (excluding diaryl/α,β-unsaturated/α-hetero) is 1. The summed E-state index contributed by atoms with van der Waals surface area (Å²) in [5.74, 6) is 0.219. The summed E-state index contributed by atoms with van der Waals surface area (Å²) in [6, 6.07) is 5.79. The number of rotatable bonds is 3. The lowest BCUT2D eigenvalue weighted by atomic mass is 9.87. The van der Waals surface area contributed by atoms with Crippen molar-refractivity contribution in [3.05, 3.63) is 34.3 Å². The van der Waals surface area contributed by atoms with E-state index in [4.69, 9.17) is 11.6 Å². The normalized spacial score (nSPS) is 13.5. The van der Waals surface area contributed by atoms with Gasteiger partial charge in [0, 0.05) is 10.4 Å². The monoisotopic (exact) mass is 316 g/mol. The SMILES string of the molecule is Cc1ccc(Cl)cc1CC(Br)C(=O)C(C)(C)C. The van der Waals surface area contributed by atoms with E-state index in [1.54, 1.807) is 0 Å². The van der Waals surface area contributed by atoms with Crippen molar-refractivity contribution in [1.82, 2.24) is 0 Å². The van der Waals surface area contributed by atoms with Gasteiger partial charge in [-0.1, -0.05) is 54.4 Å². The molecule has 0 heterocycles. The molecule has 0 radical (unpaired) electrons. The molecule has 1 rings (SSSR count). The molecular weight excluding hydrogens is 300 g/mol. The lowest BCUT2D eigenvalue weighted by Crippen LogP contribution is -2.30. The van der Waals surface area contributed by atoms with Gasteiger partial charge in [-0.25, -0.2) is 0 Å². The molecule has 17 heavy (non-hydrogen) atoms. The predicted molar refractivity (Wildman–Crippen MR) is 77.1 cm³/mol. The summed E-state index contributed by atoms with van der Waals surface area (Å²) in [6.07, 6.45) is 0.683. The first-order valence-electron chi connectivity index (χ1n) is 5.65. The van der Waals surface area contributed by atoms with Crippen LogP contribution in [0.1, 0.15) is 31.9 Å². The lowest BCUT2D eigenvalue weighted by molar-refractivity contribution is -0.125. The van der Waals surface area contributed by atoms with Crippen LogP contribution in [-0.4, -0.2) is 10.6 Å². The lowest BCUT2D eigenvalue weighted by Gasteiger charge is -2.21. The molecule has 0 bridgehead atoms. The number of carbonyl (C=O) groups excluding carboxylic acids is 1. The fourth-order valence-electron chi connectivity index (χ4n) is 1.62. The van der Waals surface area contributed by atoms with Crippen LogP contribution in [0.25, 0.3) is 0 Å². The largest absolute Gasteiger partial charge is 0.298 e. The Balaban J connectivity index is 2.85. The van der Waals surface area contributed by atoms with E-state index in [9.17, 15) is 4.79 Å². The zero-order valence-electron chi connectivity index (χ0n) is 10.7. The first-order valence-corrected chi connectivity index (χ1v) is 6.94. The van der Waals surface area contributed by atoms with Gasteiger partial charge in [0.05, 0.1) is 4.83 Å². The Kier molecular flexibility index (Phi) is 4.79. The summed E-state index contributed by atoms with van der Waals surface area (Å²) in [5, 5.41) is 0.716. The van der Waals surface area contributed by atoms with Gasteiger partial charge < -0.3 is 0 Å². The highest BCUT2D eigenvalue weighted by molar-refractivity contribution is 9.10. The number of halogens is 2. The third-order valence-corrected chi connectivity index (χ3v) is 3.71. The Morgan fingerprint density at radius 2 is 2.00 bits per heavy atom. The summed E-state index contributed by atoms with van der Waals surface area (Å²) in [6.45, 7) is 7.85. The maximum absolute atomic E-state index is 12.1. The van der Waals surface area contributed by atoms with Crippen LogP contribution in [0.15, 0.2) is 18.2 Å². The molecule has 0 aromatic heterocycles. The standard InChI is InChI=1S/C14H18BrClO/c1-9-5-6-11(16)7-10(9)8-12(15)13(17)14(2,3)4/h5-7,12H,8H2,1-4H3. The average Bonchev–Trinajstić information content (AvgIpc) is 2.21. The van der Waals surface area contributed by atoms with Gasteiger partial charge in [0.2, 0.25) is 0 Å². The van der Waals surface area contributed by atoms with Crippen LogP contribution in [0.4, 0.5) is 0 Å². The van der Waals surface area contributed by atoms with Gasteiger partial charge in [-0.15, -0.1) is 0 Å². The molecule has 0 N–H and O–H groups in total. The van der Waals surface area contributed by atoms with Crippen LogP contribution in [0.2, 0.25) is 5.02 Å². The van der Waals surface area contributed by atoms with Crippen molar-refractivity contribution >= 4 is 33.3 Å². The Hall–Kier alpha value is -0.340. The minimum Gasteiger partial charge on any atom is -0.298 e. The summed E-state index contributed by atoms with van der Waals surface area (Å²) >= 11 is 9.45. The highest BCUT2D eigenvalue weighted by Crippen LogP contribution is 2.25. The molecule has 0 aliphatic carbocycles. The topological polar surface area (TPSA) is 17.1 Å². The molecule has 1 nitrogen and oxygen atoms in total. The van der Waals surface area contributed by atoms with Crippen molar-refractivity contribution in [3.63, 3.8) is 0 Å². The van der Waals surface area contributed by atoms with Gasteiger partial charge in [0.25, 0.3) is 0 Å². The molecule has 0 amide bonds. The first-order chi connectivity index (χ1) is 7.71. The second-order valence-electron chi connectivity index (χ2n) is 5.36. The van der Waals surface area contributed by atoms with Crippen molar-refractivity contribution in [2.24, 2.45) is 5.41 Å². The molecule has 1 aromatic rings.